The second-order valence-corrected chi connectivity index (χ2v) is 5.18. The van der Waals surface area contributed by atoms with Gasteiger partial charge in [0, 0.05) is 6.42 Å². The smallest absolute Gasteiger partial charge is 0.0905 e. The molecule has 0 unspecified atom stereocenters. The van der Waals surface area contributed by atoms with Crippen molar-refractivity contribution < 1.29 is 0 Å². The fraction of sp³-hybridized carbons (Fsp3) is 0.923. The van der Waals surface area contributed by atoms with Gasteiger partial charge in [0.2, 0.25) is 0 Å². The summed E-state index contributed by atoms with van der Waals surface area (Å²) in [5.74, 6) is 0.327. The predicted octanol–water partition coefficient (Wildman–Crippen LogP) is 2.60. The predicted molar refractivity (Wildman–Crippen MR) is 69.8 cm³/mol. The first-order chi connectivity index (χ1) is 7.62. The summed E-state index contributed by atoms with van der Waals surface area (Å²) in [6.45, 7) is 8.24. The number of rotatable bonds is 6. The van der Waals surface area contributed by atoms with Gasteiger partial charge in [0.25, 0.3) is 0 Å². The van der Waals surface area contributed by atoms with Crippen molar-refractivity contribution in [1.82, 2.24) is 4.90 Å². The van der Waals surface area contributed by atoms with Crippen molar-refractivity contribution in [3.05, 3.63) is 0 Å². The summed E-state index contributed by atoms with van der Waals surface area (Å²) < 4.78 is 0. The number of nitrogens with one attached hydrogen (secondary N) is 1. The van der Waals surface area contributed by atoms with Gasteiger partial charge in [0.05, 0.1) is 5.84 Å². The van der Waals surface area contributed by atoms with Crippen molar-refractivity contribution in [2.75, 3.05) is 19.6 Å². The zero-order valence-electron chi connectivity index (χ0n) is 10.9. The highest BCUT2D eigenvalue weighted by molar-refractivity contribution is 5.76. The molecule has 16 heavy (non-hydrogen) atoms. The highest BCUT2D eigenvalue weighted by Gasteiger charge is 2.30. The molecule has 1 saturated heterocycles. The maximum Gasteiger partial charge on any atom is 0.0905 e. The Bertz CT molecular complexity index is 211. The maximum atomic E-state index is 7.19. The first kappa shape index (κ1) is 13.5. The quantitative estimate of drug-likeness (QED) is 0.539. The Morgan fingerprint density at radius 3 is 2.25 bits per heavy atom. The fourth-order valence-corrected chi connectivity index (χ4v) is 2.70. The van der Waals surface area contributed by atoms with Crippen molar-refractivity contribution in [3.8, 4) is 0 Å². The molecule has 0 aromatic rings. The standard InChI is InChI=1S/C13H27N3/c1-3-13(4-2)7-10-16(11-8-13)9-5-6-12(14)15/h3-11H2,1-2H3,(H3,14,15). The van der Waals surface area contributed by atoms with Gasteiger partial charge >= 0.3 is 0 Å². The zero-order valence-corrected chi connectivity index (χ0v) is 10.9. The lowest BCUT2D eigenvalue weighted by atomic mass is 9.74. The van der Waals surface area contributed by atoms with Gasteiger partial charge in [-0.3, -0.25) is 5.41 Å². The van der Waals surface area contributed by atoms with Crippen LogP contribution < -0.4 is 5.73 Å². The van der Waals surface area contributed by atoms with Crippen molar-refractivity contribution in [1.29, 1.82) is 5.41 Å². The first-order valence-electron chi connectivity index (χ1n) is 6.67. The second kappa shape index (κ2) is 6.24. The molecule has 3 heteroatoms. The minimum atomic E-state index is 0.327. The van der Waals surface area contributed by atoms with Crippen LogP contribution in [0.5, 0.6) is 0 Å². The molecule has 0 radical (unpaired) electrons. The zero-order chi connectivity index (χ0) is 12.0. The van der Waals surface area contributed by atoms with Crippen LogP contribution in [0.3, 0.4) is 0 Å². The second-order valence-electron chi connectivity index (χ2n) is 5.18. The van der Waals surface area contributed by atoms with Crippen LogP contribution in [0.2, 0.25) is 0 Å². The molecule has 0 saturated carbocycles. The van der Waals surface area contributed by atoms with Crippen LogP contribution in [0.4, 0.5) is 0 Å². The highest BCUT2D eigenvalue weighted by Crippen LogP contribution is 2.37. The number of nitrogens with two attached hydrogens (primary N) is 1. The number of hydrogen-bond acceptors (Lipinski definition) is 2. The number of nitrogens with zero attached hydrogens (tertiary/aromatic N) is 1. The molecule has 0 amide bonds. The van der Waals surface area contributed by atoms with Gasteiger partial charge in [-0.15, -0.1) is 0 Å². The summed E-state index contributed by atoms with van der Waals surface area (Å²) in [6.07, 6.45) is 7.14. The SMILES string of the molecule is CCC1(CC)CCN(CCCC(=N)N)CC1. The van der Waals surface area contributed by atoms with E-state index in [1.54, 1.807) is 0 Å². The van der Waals surface area contributed by atoms with Gasteiger partial charge < -0.3 is 10.6 Å². The third-order valence-corrected chi connectivity index (χ3v) is 4.34. The Hall–Kier alpha value is -0.570. The maximum absolute atomic E-state index is 7.19. The van der Waals surface area contributed by atoms with E-state index in [9.17, 15) is 0 Å². The van der Waals surface area contributed by atoms with Crippen molar-refractivity contribution in [2.45, 2.75) is 52.4 Å². The van der Waals surface area contributed by atoms with Crippen molar-refractivity contribution in [2.24, 2.45) is 11.1 Å². The van der Waals surface area contributed by atoms with Crippen LogP contribution in [0, 0.1) is 10.8 Å². The van der Waals surface area contributed by atoms with Gasteiger partial charge in [0.1, 0.15) is 0 Å². The van der Waals surface area contributed by atoms with Crippen LogP contribution in [0.1, 0.15) is 52.4 Å². The van der Waals surface area contributed by atoms with Crippen LogP contribution in [0.15, 0.2) is 0 Å². The Morgan fingerprint density at radius 1 is 1.25 bits per heavy atom. The molecule has 0 bridgehead atoms. The Morgan fingerprint density at radius 2 is 1.81 bits per heavy atom. The molecule has 94 valence electrons. The molecule has 1 rings (SSSR count). The van der Waals surface area contributed by atoms with Gasteiger partial charge in [-0.2, -0.15) is 0 Å². The number of hydrogen-bond donors (Lipinski definition) is 2. The average Bonchev–Trinajstić information content (AvgIpc) is 2.30. The van der Waals surface area contributed by atoms with Crippen LogP contribution in [0.25, 0.3) is 0 Å². The molecule has 3 N–H and O–H groups in total. The molecule has 1 heterocycles. The lowest BCUT2D eigenvalue weighted by molar-refractivity contribution is 0.0951. The third kappa shape index (κ3) is 3.78. The van der Waals surface area contributed by atoms with E-state index >= 15 is 0 Å². The van der Waals surface area contributed by atoms with E-state index in [4.69, 9.17) is 11.1 Å². The molecule has 0 atom stereocenters. The summed E-state index contributed by atoms with van der Waals surface area (Å²) in [5, 5.41) is 7.19. The molecule has 0 aromatic heterocycles. The molecular weight excluding hydrogens is 198 g/mol. The van der Waals surface area contributed by atoms with Crippen LogP contribution in [-0.2, 0) is 0 Å². The lowest BCUT2D eigenvalue weighted by Gasteiger charge is -2.41. The van der Waals surface area contributed by atoms with E-state index in [-0.39, 0.29) is 0 Å². The molecule has 0 spiro atoms. The minimum Gasteiger partial charge on any atom is -0.388 e. The summed E-state index contributed by atoms with van der Waals surface area (Å²) in [7, 11) is 0. The first-order valence-corrected chi connectivity index (χ1v) is 6.67. The van der Waals surface area contributed by atoms with E-state index in [1.807, 2.05) is 0 Å². The van der Waals surface area contributed by atoms with E-state index in [2.05, 4.69) is 18.7 Å². The lowest BCUT2D eigenvalue weighted by Crippen LogP contribution is -2.40. The Labute approximate surface area is 99.9 Å². The largest absolute Gasteiger partial charge is 0.388 e. The molecule has 3 nitrogen and oxygen atoms in total. The summed E-state index contributed by atoms with van der Waals surface area (Å²) in [4.78, 5) is 2.53. The molecule has 1 fully saturated rings. The number of piperidine rings is 1. The van der Waals surface area contributed by atoms with E-state index in [0.717, 1.165) is 19.4 Å². The Balaban J connectivity index is 2.23. The van der Waals surface area contributed by atoms with Gasteiger partial charge in [0.15, 0.2) is 0 Å². The average molecular weight is 225 g/mol. The van der Waals surface area contributed by atoms with Gasteiger partial charge in [-0.1, -0.05) is 26.7 Å². The monoisotopic (exact) mass is 225 g/mol. The molecule has 1 aliphatic rings. The summed E-state index contributed by atoms with van der Waals surface area (Å²) >= 11 is 0. The number of amidine groups is 1. The van der Waals surface area contributed by atoms with E-state index < -0.39 is 0 Å². The van der Waals surface area contributed by atoms with Crippen molar-refractivity contribution >= 4 is 5.84 Å². The van der Waals surface area contributed by atoms with Crippen molar-refractivity contribution in [3.63, 3.8) is 0 Å². The van der Waals surface area contributed by atoms with Crippen LogP contribution in [-0.4, -0.2) is 30.4 Å². The minimum absolute atomic E-state index is 0.327. The Kier molecular flexibility index (Phi) is 5.26. The molecule has 0 aromatic carbocycles. The summed E-state index contributed by atoms with van der Waals surface area (Å²) in [5.41, 5.74) is 5.98. The fourth-order valence-electron chi connectivity index (χ4n) is 2.70. The molecular formula is C13H27N3. The topological polar surface area (TPSA) is 53.1 Å². The van der Waals surface area contributed by atoms with E-state index in [0.29, 0.717) is 11.3 Å². The molecule has 0 aliphatic carbocycles. The van der Waals surface area contributed by atoms with Crippen LogP contribution >= 0.6 is 0 Å². The highest BCUT2D eigenvalue weighted by atomic mass is 15.1. The molecule has 1 aliphatic heterocycles. The third-order valence-electron chi connectivity index (χ3n) is 4.34. The van der Waals surface area contributed by atoms with Gasteiger partial charge in [-0.25, -0.2) is 0 Å². The summed E-state index contributed by atoms with van der Waals surface area (Å²) in [6, 6.07) is 0. The van der Waals surface area contributed by atoms with Gasteiger partial charge in [-0.05, 0) is 44.3 Å². The normalized spacial score (nSPS) is 20.9. The number of likely N-dealkylation sites (tertiary alicyclic amines) is 1. The van der Waals surface area contributed by atoms with E-state index in [1.165, 1.54) is 38.8 Å².